The number of rotatable bonds is 6. The van der Waals surface area contributed by atoms with Crippen molar-refractivity contribution < 1.29 is 4.74 Å². The lowest BCUT2D eigenvalue weighted by Gasteiger charge is -2.15. The second-order valence-corrected chi connectivity index (χ2v) is 12.7. The van der Waals surface area contributed by atoms with Crippen molar-refractivity contribution in [3.8, 4) is 11.4 Å². The van der Waals surface area contributed by atoms with E-state index in [0.717, 1.165) is 28.3 Å². The predicted octanol–water partition coefficient (Wildman–Crippen LogP) is 4.33. The molecule has 0 saturated carbocycles. The van der Waals surface area contributed by atoms with Crippen molar-refractivity contribution in [1.29, 1.82) is 0 Å². The van der Waals surface area contributed by atoms with Gasteiger partial charge in [0.15, 0.2) is 0 Å². The Hall–Kier alpha value is -0.983. The third-order valence-corrected chi connectivity index (χ3v) is 5.67. The van der Waals surface area contributed by atoms with E-state index in [0.29, 0.717) is 6.73 Å². The van der Waals surface area contributed by atoms with Crippen molar-refractivity contribution in [3.05, 3.63) is 34.8 Å². The van der Waals surface area contributed by atoms with Gasteiger partial charge in [-0.1, -0.05) is 25.7 Å². The Balaban J connectivity index is 2.01. The molecule has 0 atom stereocenters. The number of aromatic nitrogens is 3. The highest BCUT2D eigenvalue weighted by atomic mass is 79.9. The lowest BCUT2D eigenvalue weighted by Crippen LogP contribution is -2.22. The van der Waals surface area contributed by atoms with Gasteiger partial charge in [0.05, 0.1) is 12.0 Å². The van der Waals surface area contributed by atoms with Crippen LogP contribution in [-0.4, -0.2) is 29.2 Å². The molecule has 4 nitrogen and oxygen atoms in total. The molecule has 0 aliphatic heterocycles. The fourth-order valence-corrected chi connectivity index (χ4v) is 3.10. The Morgan fingerprint density at radius 2 is 2.05 bits per heavy atom. The molecule has 0 saturated heterocycles. The van der Waals surface area contributed by atoms with Crippen LogP contribution in [-0.2, 0) is 11.5 Å². The third kappa shape index (κ3) is 4.76. The number of hydrogen-bond acceptors (Lipinski definition) is 3. The first kappa shape index (κ1) is 16.4. The minimum atomic E-state index is -1.03. The number of hydrogen-bond donors (Lipinski definition) is 0. The van der Waals surface area contributed by atoms with Gasteiger partial charge in [-0.15, -0.1) is 0 Å². The lowest BCUT2D eigenvalue weighted by atomic mass is 10.2. The van der Waals surface area contributed by atoms with Crippen molar-refractivity contribution in [2.24, 2.45) is 0 Å². The maximum absolute atomic E-state index is 5.76. The zero-order valence-corrected chi connectivity index (χ0v) is 15.6. The van der Waals surface area contributed by atoms with Gasteiger partial charge in [0.2, 0.25) is 0 Å². The van der Waals surface area contributed by atoms with Crippen LogP contribution in [0.25, 0.3) is 11.4 Å². The molecule has 0 aromatic carbocycles. The summed E-state index contributed by atoms with van der Waals surface area (Å²) < 4.78 is 8.63. The summed E-state index contributed by atoms with van der Waals surface area (Å²) in [6.07, 6.45) is 1.79. The van der Waals surface area contributed by atoms with Crippen LogP contribution < -0.4 is 0 Å². The van der Waals surface area contributed by atoms with Crippen LogP contribution in [0.1, 0.15) is 5.69 Å². The first-order valence-electron chi connectivity index (χ1n) is 7.09. The van der Waals surface area contributed by atoms with E-state index in [1.165, 1.54) is 6.04 Å². The van der Waals surface area contributed by atoms with Crippen LogP contribution in [0, 0.1) is 6.92 Å². The molecule has 2 heterocycles. The third-order valence-electron chi connectivity index (χ3n) is 3.13. The topological polar surface area (TPSA) is 39.9 Å². The maximum Gasteiger partial charge on any atom is 0.124 e. The summed E-state index contributed by atoms with van der Waals surface area (Å²) in [5, 5.41) is 0. The Kier molecular flexibility index (Phi) is 5.35. The minimum absolute atomic E-state index is 0.518. The fraction of sp³-hybridized carbons (Fsp3) is 0.467. The number of halogens is 1. The molecule has 0 unspecified atom stereocenters. The summed E-state index contributed by atoms with van der Waals surface area (Å²) in [5.41, 5.74) is 2.72. The number of ether oxygens (including phenoxy) is 1. The molecule has 0 aliphatic rings. The van der Waals surface area contributed by atoms with Crippen LogP contribution >= 0.6 is 15.9 Å². The Morgan fingerprint density at radius 3 is 2.71 bits per heavy atom. The highest BCUT2D eigenvalue weighted by Crippen LogP contribution is 2.25. The molecule has 0 N–H and O–H groups in total. The average molecular weight is 368 g/mol. The van der Waals surface area contributed by atoms with E-state index < -0.39 is 8.07 Å². The second-order valence-electron chi connectivity index (χ2n) is 6.37. The lowest BCUT2D eigenvalue weighted by molar-refractivity contribution is 0.0858. The van der Waals surface area contributed by atoms with E-state index in [1.54, 1.807) is 6.33 Å². The van der Waals surface area contributed by atoms with Gasteiger partial charge in [-0.3, -0.25) is 4.98 Å². The molecule has 6 heteroatoms. The smallest absolute Gasteiger partial charge is 0.124 e. The van der Waals surface area contributed by atoms with Crippen molar-refractivity contribution in [2.75, 3.05) is 6.61 Å². The highest BCUT2D eigenvalue weighted by Gasteiger charge is 2.14. The molecule has 0 bridgehead atoms. The fourth-order valence-electron chi connectivity index (χ4n) is 1.85. The zero-order chi connectivity index (χ0) is 15.5. The monoisotopic (exact) mass is 367 g/mol. The highest BCUT2D eigenvalue weighted by molar-refractivity contribution is 9.10. The molecule has 0 aliphatic carbocycles. The standard InChI is InChI=1S/C15H22BrN3OSi/c1-12-6-5-7-13(18-12)14-15(16)19(10-17-14)11-20-8-9-21(2,3)4/h5-7,10H,8-9,11H2,1-4H3. The zero-order valence-electron chi connectivity index (χ0n) is 13.1. The number of nitrogens with zero attached hydrogens (tertiary/aromatic N) is 3. The molecule has 2 aromatic heterocycles. The summed E-state index contributed by atoms with van der Waals surface area (Å²) >= 11 is 3.59. The van der Waals surface area contributed by atoms with Crippen molar-refractivity contribution in [2.45, 2.75) is 39.3 Å². The van der Waals surface area contributed by atoms with Crippen LogP contribution in [0.15, 0.2) is 29.1 Å². The normalized spacial score (nSPS) is 11.9. The molecule has 0 amide bonds. The molecular weight excluding hydrogens is 346 g/mol. The van der Waals surface area contributed by atoms with Crippen LogP contribution in [0.4, 0.5) is 0 Å². The SMILES string of the molecule is Cc1cccc(-c2ncn(COCC[Si](C)(C)C)c2Br)n1. The molecule has 2 rings (SSSR count). The summed E-state index contributed by atoms with van der Waals surface area (Å²) in [4.78, 5) is 8.94. The minimum Gasteiger partial charge on any atom is -0.361 e. The van der Waals surface area contributed by atoms with Gasteiger partial charge >= 0.3 is 0 Å². The first-order valence-corrected chi connectivity index (χ1v) is 11.6. The van der Waals surface area contributed by atoms with E-state index in [2.05, 4.69) is 45.5 Å². The van der Waals surface area contributed by atoms with E-state index in [4.69, 9.17) is 4.74 Å². The average Bonchev–Trinajstić information content (AvgIpc) is 2.75. The van der Waals surface area contributed by atoms with Gasteiger partial charge in [-0.2, -0.15) is 0 Å². The van der Waals surface area contributed by atoms with E-state index in [1.807, 2.05) is 29.7 Å². The molecule has 114 valence electrons. The second kappa shape index (κ2) is 6.85. The molecule has 0 radical (unpaired) electrons. The Morgan fingerprint density at radius 1 is 1.29 bits per heavy atom. The summed E-state index contributed by atoms with van der Waals surface area (Å²) in [6, 6.07) is 7.11. The molecule has 21 heavy (non-hydrogen) atoms. The van der Waals surface area contributed by atoms with Crippen molar-refractivity contribution in [3.63, 3.8) is 0 Å². The van der Waals surface area contributed by atoms with Gasteiger partial charge in [-0.05, 0) is 41.0 Å². The maximum atomic E-state index is 5.76. The van der Waals surface area contributed by atoms with Gasteiger partial charge in [0.25, 0.3) is 0 Å². The summed E-state index contributed by atoms with van der Waals surface area (Å²) in [5.74, 6) is 0. The molecule has 0 spiro atoms. The van der Waals surface area contributed by atoms with E-state index in [-0.39, 0.29) is 0 Å². The number of aryl methyl sites for hydroxylation is 1. The quantitative estimate of drug-likeness (QED) is 0.563. The largest absolute Gasteiger partial charge is 0.361 e. The predicted molar refractivity (Wildman–Crippen MR) is 92.0 cm³/mol. The first-order chi connectivity index (χ1) is 9.87. The van der Waals surface area contributed by atoms with Gasteiger partial charge in [-0.25, -0.2) is 4.98 Å². The Bertz CT molecular complexity index is 607. The van der Waals surface area contributed by atoms with Crippen LogP contribution in [0.2, 0.25) is 25.7 Å². The number of pyridine rings is 1. The molecular formula is C15H22BrN3OSi. The van der Waals surface area contributed by atoms with Crippen molar-refractivity contribution >= 4 is 24.0 Å². The molecule has 0 fully saturated rings. The van der Waals surface area contributed by atoms with Gasteiger partial charge in [0.1, 0.15) is 17.0 Å². The van der Waals surface area contributed by atoms with E-state index in [9.17, 15) is 0 Å². The molecule has 2 aromatic rings. The van der Waals surface area contributed by atoms with Gasteiger partial charge in [0, 0.05) is 20.4 Å². The Labute approximate surface area is 135 Å². The van der Waals surface area contributed by atoms with Gasteiger partial charge < -0.3 is 9.30 Å². The van der Waals surface area contributed by atoms with E-state index >= 15 is 0 Å². The summed E-state index contributed by atoms with van der Waals surface area (Å²) in [7, 11) is -1.03. The van der Waals surface area contributed by atoms with Crippen LogP contribution in [0.3, 0.4) is 0 Å². The number of imidazole rings is 1. The van der Waals surface area contributed by atoms with Crippen LogP contribution in [0.5, 0.6) is 0 Å². The summed E-state index contributed by atoms with van der Waals surface area (Å²) in [6.45, 7) is 10.4. The van der Waals surface area contributed by atoms with Crippen molar-refractivity contribution in [1.82, 2.24) is 14.5 Å².